The molecule has 0 aliphatic carbocycles. The van der Waals surface area contributed by atoms with Gasteiger partial charge in [0.15, 0.2) is 0 Å². The third kappa shape index (κ3) is 1.75. The van der Waals surface area contributed by atoms with Gasteiger partial charge in [-0.2, -0.15) is 17.0 Å². The molecule has 4 nitrogen and oxygen atoms in total. The lowest BCUT2D eigenvalue weighted by atomic mass is 10.1. The highest BCUT2D eigenvalue weighted by Gasteiger charge is 2.19. The first-order valence-corrected chi connectivity index (χ1v) is 7.25. The molecule has 0 bridgehead atoms. The minimum absolute atomic E-state index is 0.0929. The monoisotopic (exact) mass is 263 g/mol. The molecule has 0 fully saturated rings. The molecule has 3 rings (SSSR count). The van der Waals surface area contributed by atoms with Gasteiger partial charge in [0.1, 0.15) is 10.7 Å². The predicted molar refractivity (Wildman–Crippen MR) is 69.4 cm³/mol. The topological polar surface area (TPSA) is 69.5 Å². The molecule has 0 saturated carbocycles. The van der Waals surface area contributed by atoms with Crippen molar-refractivity contribution in [2.45, 2.75) is 18.6 Å². The average molecular weight is 263 g/mol. The van der Waals surface area contributed by atoms with Crippen molar-refractivity contribution in [3.8, 4) is 6.07 Å². The molecule has 0 radical (unpaired) electrons. The van der Waals surface area contributed by atoms with Crippen molar-refractivity contribution in [1.29, 1.82) is 5.26 Å². The number of hydrogen-bond donors (Lipinski definition) is 1. The number of aryl methyl sites for hydroxylation is 1. The van der Waals surface area contributed by atoms with Crippen LogP contribution in [0.3, 0.4) is 0 Å². The number of aromatic nitrogens is 2. The maximum Gasteiger partial charge on any atom is 0.259 e. The average Bonchev–Trinajstić information content (AvgIpc) is 2.67. The fourth-order valence-electron chi connectivity index (χ4n) is 2.03. The van der Waals surface area contributed by atoms with E-state index in [9.17, 15) is 4.79 Å². The van der Waals surface area contributed by atoms with E-state index in [2.05, 4.69) is 9.97 Å². The van der Waals surface area contributed by atoms with Crippen LogP contribution < -0.4 is 5.56 Å². The number of aromatic amines is 1. The Morgan fingerprint density at radius 1 is 1.53 bits per heavy atom. The molecule has 3 heterocycles. The first-order valence-electron chi connectivity index (χ1n) is 5.27. The Hall–Kier alpha value is -1.32. The van der Waals surface area contributed by atoms with Gasteiger partial charge in [0, 0.05) is 10.6 Å². The van der Waals surface area contributed by atoms with E-state index < -0.39 is 0 Å². The van der Waals surface area contributed by atoms with Crippen LogP contribution in [0.4, 0.5) is 0 Å². The lowest BCUT2D eigenvalue weighted by Crippen LogP contribution is -2.12. The van der Waals surface area contributed by atoms with Crippen LogP contribution in [0.2, 0.25) is 0 Å². The summed E-state index contributed by atoms with van der Waals surface area (Å²) in [5, 5.41) is 9.38. The van der Waals surface area contributed by atoms with Gasteiger partial charge >= 0.3 is 0 Å². The molecule has 0 spiro atoms. The molecule has 1 aliphatic rings. The molecule has 0 saturated heterocycles. The second kappa shape index (κ2) is 4.17. The third-order valence-electron chi connectivity index (χ3n) is 2.77. The highest BCUT2D eigenvalue weighted by atomic mass is 32.2. The van der Waals surface area contributed by atoms with E-state index in [0.29, 0.717) is 5.82 Å². The van der Waals surface area contributed by atoms with Gasteiger partial charge in [-0.15, -0.1) is 11.3 Å². The van der Waals surface area contributed by atoms with Crippen LogP contribution in [-0.4, -0.2) is 15.7 Å². The van der Waals surface area contributed by atoms with Crippen molar-refractivity contribution in [2.24, 2.45) is 0 Å². The quantitative estimate of drug-likeness (QED) is 0.852. The number of hydrogen-bond acceptors (Lipinski definition) is 5. The fourth-order valence-corrected chi connectivity index (χ4v) is 4.41. The van der Waals surface area contributed by atoms with Crippen molar-refractivity contribution < 1.29 is 0 Å². The Balaban J connectivity index is 2.28. The van der Waals surface area contributed by atoms with E-state index in [0.717, 1.165) is 28.1 Å². The Bertz CT molecular complexity index is 680. The van der Waals surface area contributed by atoms with E-state index in [-0.39, 0.29) is 12.0 Å². The number of fused-ring (bicyclic) bond motifs is 3. The molecule has 0 atom stereocenters. The second-order valence-corrected chi connectivity index (χ2v) is 6.02. The van der Waals surface area contributed by atoms with Crippen molar-refractivity contribution in [1.82, 2.24) is 9.97 Å². The Morgan fingerprint density at radius 2 is 2.41 bits per heavy atom. The van der Waals surface area contributed by atoms with Gasteiger partial charge < -0.3 is 4.98 Å². The summed E-state index contributed by atoms with van der Waals surface area (Å²) in [5.74, 6) is 2.51. The second-order valence-electron chi connectivity index (χ2n) is 3.83. The molecule has 0 aromatic carbocycles. The fraction of sp³-hybridized carbons (Fsp3) is 0.364. The van der Waals surface area contributed by atoms with Crippen LogP contribution in [-0.2, 0) is 18.6 Å². The zero-order valence-corrected chi connectivity index (χ0v) is 10.6. The van der Waals surface area contributed by atoms with Gasteiger partial charge in [0.2, 0.25) is 0 Å². The van der Waals surface area contributed by atoms with Gasteiger partial charge in [-0.3, -0.25) is 4.79 Å². The Morgan fingerprint density at radius 3 is 3.24 bits per heavy atom. The molecular formula is C11H9N3OS2. The van der Waals surface area contributed by atoms with Crippen LogP contribution in [0, 0.1) is 11.3 Å². The SMILES string of the molecule is N#CCc1nc2sc3c(c2c(=O)[nH]1)CCSC3. The highest BCUT2D eigenvalue weighted by Crippen LogP contribution is 2.35. The third-order valence-corrected chi connectivity index (χ3v) is 5.06. The zero-order valence-electron chi connectivity index (χ0n) is 8.95. The molecule has 0 amide bonds. The van der Waals surface area contributed by atoms with E-state index in [1.807, 2.05) is 17.8 Å². The van der Waals surface area contributed by atoms with Gasteiger partial charge in [-0.25, -0.2) is 4.98 Å². The van der Waals surface area contributed by atoms with E-state index in [1.54, 1.807) is 11.3 Å². The van der Waals surface area contributed by atoms with Gasteiger partial charge in [-0.1, -0.05) is 0 Å². The number of thioether (sulfide) groups is 1. The van der Waals surface area contributed by atoms with Crippen LogP contribution in [0.5, 0.6) is 0 Å². The van der Waals surface area contributed by atoms with Gasteiger partial charge in [-0.05, 0) is 17.7 Å². The molecule has 1 aliphatic heterocycles. The highest BCUT2D eigenvalue weighted by molar-refractivity contribution is 7.98. The number of thiophene rings is 1. The van der Waals surface area contributed by atoms with E-state index >= 15 is 0 Å². The first kappa shape index (κ1) is 10.8. The van der Waals surface area contributed by atoms with Crippen molar-refractivity contribution in [3.63, 3.8) is 0 Å². The van der Waals surface area contributed by atoms with Crippen LogP contribution in [0.15, 0.2) is 4.79 Å². The summed E-state index contributed by atoms with van der Waals surface area (Å²) in [5.41, 5.74) is 1.07. The molecule has 2 aromatic heterocycles. The Labute approximate surface area is 106 Å². The van der Waals surface area contributed by atoms with Crippen LogP contribution >= 0.6 is 23.1 Å². The van der Waals surface area contributed by atoms with Crippen molar-refractivity contribution >= 4 is 33.3 Å². The smallest absolute Gasteiger partial charge is 0.259 e. The number of nitriles is 1. The molecule has 6 heteroatoms. The normalized spacial score (nSPS) is 14.5. The van der Waals surface area contributed by atoms with Gasteiger partial charge in [0.05, 0.1) is 17.9 Å². The zero-order chi connectivity index (χ0) is 11.8. The lowest BCUT2D eigenvalue weighted by molar-refractivity contribution is 1.00. The van der Waals surface area contributed by atoms with Crippen molar-refractivity contribution in [3.05, 3.63) is 26.6 Å². The van der Waals surface area contributed by atoms with Gasteiger partial charge in [0.25, 0.3) is 5.56 Å². The summed E-state index contributed by atoms with van der Waals surface area (Å²) < 4.78 is 0. The minimum atomic E-state index is -0.0929. The summed E-state index contributed by atoms with van der Waals surface area (Å²) in [6, 6.07) is 2.01. The lowest BCUT2D eigenvalue weighted by Gasteiger charge is -2.09. The molecule has 86 valence electrons. The van der Waals surface area contributed by atoms with Crippen molar-refractivity contribution in [2.75, 3.05) is 5.75 Å². The summed E-state index contributed by atoms with van der Waals surface area (Å²) in [7, 11) is 0. The number of nitrogens with one attached hydrogen (secondary N) is 1. The van der Waals surface area contributed by atoms with Crippen LogP contribution in [0.1, 0.15) is 16.3 Å². The molecule has 17 heavy (non-hydrogen) atoms. The van der Waals surface area contributed by atoms with Crippen LogP contribution in [0.25, 0.3) is 10.2 Å². The standard InChI is InChI=1S/C11H9N3OS2/c12-3-1-8-13-10(15)9-6-2-4-16-5-7(6)17-11(9)14-8/h1-2,4-5H2,(H,13,14,15). The molecule has 1 N–H and O–H groups in total. The predicted octanol–water partition coefficient (Wildman–Crippen LogP) is 1.84. The molecule has 0 unspecified atom stereocenters. The largest absolute Gasteiger partial charge is 0.309 e. The molecule has 2 aromatic rings. The number of H-pyrrole nitrogens is 1. The summed E-state index contributed by atoms with van der Waals surface area (Å²) in [6.45, 7) is 0. The number of rotatable bonds is 1. The van der Waals surface area contributed by atoms with E-state index in [1.165, 1.54) is 10.4 Å². The summed E-state index contributed by atoms with van der Waals surface area (Å²) >= 11 is 3.48. The summed E-state index contributed by atoms with van der Waals surface area (Å²) in [6.07, 6.45) is 1.10. The molecular weight excluding hydrogens is 254 g/mol. The Kier molecular flexibility index (Phi) is 2.65. The minimum Gasteiger partial charge on any atom is -0.309 e. The first-order chi connectivity index (χ1) is 8.29. The summed E-state index contributed by atoms with van der Waals surface area (Å²) in [4.78, 5) is 21.1. The maximum absolute atomic E-state index is 12.0. The van der Waals surface area contributed by atoms with E-state index in [4.69, 9.17) is 5.26 Å². The number of nitrogens with zero attached hydrogens (tertiary/aromatic N) is 2. The maximum atomic E-state index is 12.0.